The minimum atomic E-state index is -3.39. The summed E-state index contributed by atoms with van der Waals surface area (Å²) in [6.45, 7) is 2.77. The van der Waals surface area contributed by atoms with Crippen LogP contribution in [0.3, 0.4) is 0 Å². The molecule has 0 atom stereocenters. The lowest BCUT2D eigenvalue weighted by Crippen LogP contribution is -2.28. The van der Waals surface area contributed by atoms with Crippen molar-refractivity contribution in [1.29, 1.82) is 0 Å². The van der Waals surface area contributed by atoms with Crippen molar-refractivity contribution in [2.75, 3.05) is 13.1 Å². The summed E-state index contributed by atoms with van der Waals surface area (Å²) in [7, 11) is -3.39. The predicted molar refractivity (Wildman–Crippen MR) is 63.0 cm³/mol. The Morgan fingerprint density at radius 1 is 1.44 bits per heavy atom. The summed E-state index contributed by atoms with van der Waals surface area (Å²) < 4.78 is 26.2. The minimum Gasteiger partial charge on any atom is -0.391 e. The van der Waals surface area contributed by atoms with Crippen LogP contribution in [0.5, 0.6) is 0 Å². The van der Waals surface area contributed by atoms with Crippen LogP contribution in [0, 0.1) is 6.92 Å². The first-order valence-corrected chi connectivity index (χ1v) is 7.57. The number of sulfonamides is 1. The molecule has 0 aliphatic carbocycles. The largest absolute Gasteiger partial charge is 0.391 e. The molecule has 0 amide bonds. The van der Waals surface area contributed by atoms with Gasteiger partial charge in [0.05, 0.1) is 11.5 Å². The van der Waals surface area contributed by atoms with E-state index in [1.807, 2.05) is 0 Å². The van der Waals surface area contributed by atoms with Crippen molar-refractivity contribution < 1.29 is 13.5 Å². The Bertz CT molecular complexity index is 472. The van der Waals surface area contributed by atoms with Gasteiger partial charge in [-0.25, -0.2) is 8.42 Å². The van der Waals surface area contributed by atoms with Gasteiger partial charge < -0.3 is 5.11 Å². The first-order chi connectivity index (χ1) is 7.57. The number of hydrogen-bond donors (Lipinski definition) is 1. The summed E-state index contributed by atoms with van der Waals surface area (Å²) in [6, 6.07) is 0. The Hall–Kier alpha value is -0.430. The lowest BCUT2D eigenvalue weighted by Gasteiger charge is -2.16. The van der Waals surface area contributed by atoms with Gasteiger partial charge >= 0.3 is 0 Å². The second kappa shape index (κ2) is 4.44. The number of rotatable bonds is 3. The van der Waals surface area contributed by atoms with E-state index in [4.69, 9.17) is 5.11 Å². The maximum absolute atomic E-state index is 12.3. The van der Waals surface area contributed by atoms with E-state index in [1.54, 1.807) is 12.3 Å². The molecule has 1 aromatic rings. The van der Waals surface area contributed by atoms with Crippen molar-refractivity contribution in [3.63, 3.8) is 0 Å². The van der Waals surface area contributed by atoms with Crippen LogP contribution in [0.4, 0.5) is 0 Å². The standard InChI is InChI=1S/C10H15NO3S2/c1-8-7-15-9(6-12)10(8)16(13,14)11-4-2-3-5-11/h7,12H,2-6H2,1H3. The van der Waals surface area contributed by atoms with E-state index < -0.39 is 10.0 Å². The fourth-order valence-corrected chi connectivity index (χ4v) is 5.13. The van der Waals surface area contributed by atoms with Gasteiger partial charge in [0.1, 0.15) is 4.90 Å². The van der Waals surface area contributed by atoms with Crippen molar-refractivity contribution in [3.8, 4) is 0 Å². The van der Waals surface area contributed by atoms with Crippen LogP contribution in [0.1, 0.15) is 23.3 Å². The highest BCUT2D eigenvalue weighted by atomic mass is 32.2. The first-order valence-electron chi connectivity index (χ1n) is 5.25. The molecule has 6 heteroatoms. The van der Waals surface area contributed by atoms with E-state index in [1.165, 1.54) is 15.6 Å². The molecule has 2 rings (SSSR count). The summed E-state index contributed by atoms with van der Waals surface area (Å²) >= 11 is 1.31. The molecule has 1 aromatic heterocycles. The minimum absolute atomic E-state index is 0.207. The van der Waals surface area contributed by atoms with Crippen LogP contribution in [-0.4, -0.2) is 30.9 Å². The molecule has 0 saturated carbocycles. The van der Waals surface area contributed by atoms with E-state index in [2.05, 4.69) is 0 Å². The maximum Gasteiger partial charge on any atom is 0.244 e. The fourth-order valence-electron chi connectivity index (χ4n) is 2.00. The molecular formula is C10H15NO3S2. The lowest BCUT2D eigenvalue weighted by atomic mass is 10.3. The summed E-state index contributed by atoms with van der Waals surface area (Å²) in [6.07, 6.45) is 1.85. The van der Waals surface area contributed by atoms with Crippen molar-refractivity contribution >= 4 is 21.4 Å². The molecular weight excluding hydrogens is 246 g/mol. The zero-order chi connectivity index (χ0) is 11.8. The lowest BCUT2D eigenvalue weighted by molar-refractivity contribution is 0.282. The van der Waals surface area contributed by atoms with E-state index in [0.29, 0.717) is 22.9 Å². The van der Waals surface area contributed by atoms with Gasteiger partial charge in [-0.15, -0.1) is 11.3 Å². The molecule has 1 aliphatic rings. The third-order valence-corrected chi connectivity index (χ3v) is 6.14. The SMILES string of the molecule is Cc1csc(CO)c1S(=O)(=O)N1CCCC1. The second-order valence-electron chi connectivity index (χ2n) is 3.94. The van der Waals surface area contributed by atoms with E-state index >= 15 is 0 Å². The van der Waals surface area contributed by atoms with Crippen LogP contribution in [-0.2, 0) is 16.6 Å². The molecule has 0 radical (unpaired) electrons. The predicted octanol–water partition coefficient (Wildman–Crippen LogP) is 1.33. The van der Waals surface area contributed by atoms with E-state index in [-0.39, 0.29) is 6.61 Å². The number of thiophene rings is 1. The Kier molecular flexibility index (Phi) is 3.34. The fraction of sp³-hybridized carbons (Fsp3) is 0.600. The molecule has 2 heterocycles. The van der Waals surface area contributed by atoms with Gasteiger partial charge in [0.15, 0.2) is 0 Å². The van der Waals surface area contributed by atoms with Gasteiger partial charge in [-0.2, -0.15) is 4.31 Å². The molecule has 4 nitrogen and oxygen atoms in total. The van der Waals surface area contributed by atoms with E-state index in [9.17, 15) is 8.42 Å². The zero-order valence-electron chi connectivity index (χ0n) is 9.14. The van der Waals surface area contributed by atoms with Crippen molar-refractivity contribution in [3.05, 3.63) is 15.8 Å². The molecule has 1 N–H and O–H groups in total. The average molecular weight is 261 g/mol. The normalized spacial score (nSPS) is 18.1. The van der Waals surface area contributed by atoms with E-state index in [0.717, 1.165) is 18.4 Å². The van der Waals surface area contributed by atoms with Gasteiger partial charge in [0.25, 0.3) is 0 Å². The molecule has 0 aromatic carbocycles. The van der Waals surface area contributed by atoms with Gasteiger partial charge in [-0.05, 0) is 30.7 Å². The highest BCUT2D eigenvalue weighted by Gasteiger charge is 2.31. The topological polar surface area (TPSA) is 57.6 Å². The number of aliphatic hydroxyl groups is 1. The zero-order valence-corrected chi connectivity index (χ0v) is 10.8. The van der Waals surface area contributed by atoms with Crippen LogP contribution in [0.2, 0.25) is 0 Å². The Morgan fingerprint density at radius 3 is 2.62 bits per heavy atom. The summed E-state index contributed by atoms with van der Waals surface area (Å²) in [5.74, 6) is 0. The molecule has 16 heavy (non-hydrogen) atoms. The van der Waals surface area contributed by atoms with Crippen molar-refractivity contribution in [2.45, 2.75) is 31.3 Å². The Balaban J connectivity index is 2.45. The Labute approximate surface area is 99.6 Å². The number of aryl methyl sites for hydroxylation is 1. The highest BCUT2D eigenvalue weighted by molar-refractivity contribution is 7.89. The number of hydrogen-bond acceptors (Lipinski definition) is 4. The van der Waals surface area contributed by atoms with Gasteiger partial charge in [-0.1, -0.05) is 0 Å². The molecule has 1 saturated heterocycles. The van der Waals surface area contributed by atoms with Gasteiger partial charge in [0.2, 0.25) is 10.0 Å². The Morgan fingerprint density at radius 2 is 2.06 bits per heavy atom. The number of aliphatic hydroxyl groups excluding tert-OH is 1. The molecule has 0 bridgehead atoms. The van der Waals surface area contributed by atoms with Gasteiger partial charge in [-0.3, -0.25) is 0 Å². The molecule has 1 fully saturated rings. The number of nitrogens with zero attached hydrogens (tertiary/aromatic N) is 1. The third kappa shape index (κ3) is 1.90. The highest BCUT2D eigenvalue weighted by Crippen LogP contribution is 2.30. The molecule has 90 valence electrons. The third-order valence-electron chi connectivity index (χ3n) is 2.80. The van der Waals surface area contributed by atoms with Crippen LogP contribution >= 0.6 is 11.3 Å². The summed E-state index contributed by atoms with van der Waals surface area (Å²) in [4.78, 5) is 0.867. The quantitative estimate of drug-likeness (QED) is 0.893. The van der Waals surface area contributed by atoms with Gasteiger partial charge in [0, 0.05) is 13.1 Å². The average Bonchev–Trinajstić information content (AvgIpc) is 2.85. The second-order valence-corrected chi connectivity index (χ2v) is 6.78. The maximum atomic E-state index is 12.3. The van der Waals surface area contributed by atoms with Crippen molar-refractivity contribution in [2.24, 2.45) is 0 Å². The molecule has 0 spiro atoms. The summed E-state index contributed by atoms with van der Waals surface area (Å²) in [5, 5.41) is 11.0. The monoisotopic (exact) mass is 261 g/mol. The van der Waals surface area contributed by atoms with Crippen LogP contribution < -0.4 is 0 Å². The first kappa shape index (κ1) is 12.0. The van der Waals surface area contributed by atoms with Crippen molar-refractivity contribution in [1.82, 2.24) is 4.31 Å². The van der Waals surface area contributed by atoms with Crippen LogP contribution in [0.15, 0.2) is 10.3 Å². The molecule has 1 aliphatic heterocycles. The smallest absolute Gasteiger partial charge is 0.244 e. The summed E-state index contributed by atoms with van der Waals surface area (Å²) in [5.41, 5.74) is 0.737. The molecule has 0 unspecified atom stereocenters. The van der Waals surface area contributed by atoms with Crippen LogP contribution in [0.25, 0.3) is 0 Å².